The Morgan fingerprint density at radius 1 is 1.31 bits per heavy atom. The first kappa shape index (κ1) is 12.1. The molecule has 0 aromatic heterocycles. The van der Waals surface area contributed by atoms with Crippen molar-refractivity contribution in [1.82, 2.24) is 0 Å². The van der Waals surface area contributed by atoms with E-state index in [-0.39, 0.29) is 12.0 Å². The third kappa shape index (κ3) is 2.54. The van der Waals surface area contributed by atoms with Gasteiger partial charge in [-0.2, -0.15) is 10.5 Å². The van der Waals surface area contributed by atoms with Gasteiger partial charge in [-0.05, 0) is 17.7 Å². The zero-order valence-electron chi connectivity index (χ0n) is 8.26. The quantitative estimate of drug-likeness (QED) is 0.738. The van der Waals surface area contributed by atoms with E-state index in [1.807, 2.05) is 6.07 Å². The maximum atomic E-state index is 13.3. The summed E-state index contributed by atoms with van der Waals surface area (Å²) in [6, 6.07) is 7.07. The number of rotatable bonds is 3. The second kappa shape index (κ2) is 5.22. The van der Waals surface area contributed by atoms with Crippen LogP contribution in [0.4, 0.5) is 4.39 Å². The first-order chi connectivity index (χ1) is 7.60. The Balaban J connectivity index is 3.08. The van der Waals surface area contributed by atoms with E-state index >= 15 is 0 Å². The molecule has 0 bridgehead atoms. The number of nitriles is 2. The molecule has 16 heavy (non-hydrogen) atoms. The Morgan fingerprint density at radius 3 is 2.56 bits per heavy atom. The van der Waals surface area contributed by atoms with Gasteiger partial charge in [0, 0.05) is 5.56 Å². The van der Waals surface area contributed by atoms with Crippen molar-refractivity contribution >= 4 is 0 Å². The molecule has 0 saturated heterocycles. The smallest absolute Gasteiger partial charge is 0.170 e. The number of hydrogen-bond donors (Lipinski definition) is 2. The molecule has 2 unspecified atom stereocenters. The van der Waals surface area contributed by atoms with Crippen LogP contribution in [0, 0.1) is 28.5 Å². The van der Waals surface area contributed by atoms with Gasteiger partial charge in [0.15, 0.2) is 6.10 Å². The maximum absolute atomic E-state index is 13.3. The summed E-state index contributed by atoms with van der Waals surface area (Å²) in [5.41, 5.74) is 0.338. The molecule has 0 aliphatic rings. The molecule has 0 fully saturated rings. The zero-order chi connectivity index (χ0) is 12.1. The molecule has 1 rings (SSSR count). The van der Waals surface area contributed by atoms with Gasteiger partial charge in [0.1, 0.15) is 11.9 Å². The van der Waals surface area contributed by atoms with Crippen LogP contribution in [0.15, 0.2) is 18.2 Å². The summed E-state index contributed by atoms with van der Waals surface area (Å²) in [6.07, 6.45) is -3.22. The van der Waals surface area contributed by atoms with Gasteiger partial charge in [0.25, 0.3) is 0 Å². The predicted molar refractivity (Wildman–Crippen MR) is 52.3 cm³/mol. The van der Waals surface area contributed by atoms with Gasteiger partial charge >= 0.3 is 0 Å². The van der Waals surface area contributed by atoms with Crippen LogP contribution >= 0.6 is 0 Å². The summed E-state index contributed by atoms with van der Waals surface area (Å²) in [5, 5.41) is 35.4. The van der Waals surface area contributed by atoms with Crippen molar-refractivity contribution in [1.29, 1.82) is 10.5 Å². The highest BCUT2D eigenvalue weighted by molar-refractivity contribution is 5.29. The summed E-state index contributed by atoms with van der Waals surface area (Å²) in [7, 11) is 0. The van der Waals surface area contributed by atoms with E-state index in [1.54, 1.807) is 0 Å². The first-order valence-corrected chi connectivity index (χ1v) is 4.51. The van der Waals surface area contributed by atoms with Crippen LogP contribution in [0.3, 0.4) is 0 Å². The first-order valence-electron chi connectivity index (χ1n) is 4.51. The normalized spacial score (nSPS) is 13.6. The minimum atomic E-state index is -1.69. The molecule has 1 aromatic carbocycles. The molecular weight excluding hydrogens is 211 g/mol. The molecule has 0 saturated carbocycles. The monoisotopic (exact) mass is 220 g/mol. The molecular formula is C11H9FN2O2. The number of nitrogens with zero attached hydrogens (tertiary/aromatic N) is 2. The molecule has 2 atom stereocenters. The fourth-order valence-electron chi connectivity index (χ4n) is 1.26. The molecule has 5 heteroatoms. The van der Waals surface area contributed by atoms with Gasteiger partial charge in [-0.3, -0.25) is 0 Å². The highest BCUT2D eigenvalue weighted by Crippen LogP contribution is 2.21. The van der Waals surface area contributed by atoms with Gasteiger partial charge < -0.3 is 10.2 Å². The SMILES string of the molecule is N#CCc1ccc(F)c(C(O)C(O)C#N)c1. The molecule has 0 spiro atoms. The van der Waals surface area contributed by atoms with Crippen molar-refractivity contribution in [2.24, 2.45) is 0 Å². The molecule has 0 aliphatic heterocycles. The summed E-state index contributed by atoms with van der Waals surface area (Å²) in [5.74, 6) is -0.719. The Bertz CT molecular complexity index is 462. The van der Waals surface area contributed by atoms with E-state index in [0.29, 0.717) is 5.56 Å². The Kier molecular flexibility index (Phi) is 3.96. The third-order valence-corrected chi connectivity index (χ3v) is 2.09. The lowest BCUT2D eigenvalue weighted by Gasteiger charge is -2.13. The maximum Gasteiger partial charge on any atom is 0.170 e. The average molecular weight is 220 g/mol. The minimum absolute atomic E-state index is 0.0721. The zero-order valence-corrected chi connectivity index (χ0v) is 8.26. The molecule has 1 aromatic rings. The molecule has 0 aliphatic carbocycles. The molecule has 2 N–H and O–H groups in total. The van der Waals surface area contributed by atoms with Crippen molar-refractivity contribution in [3.8, 4) is 12.1 Å². The largest absolute Gasteiger partial charge is 0.384 e. The van der Waals surface area contributed by atoms with E-state index < -0.39 is 18.0 Å². The lowest BCUT2D eigenvalue weighted by Crippen LogP contribution is -2.17. The Morgan fingerprint density at radius 2 is 2.00 bits per heavy atom. The topological polar surface area (TPSA) is 88.0 Å². The van der Waals surface area contributed by atoms with Gasteiger partial charge in [-0.1, -0.05) is 6.07 Å². The van der Waals surface area contributed by atoms with Crippen molar-refractivity contribution < 1.29 is 14.6 Å². The van der Waals surface area contributed by atoms with Gasteiger partial charge in [0.05, 0.1) is 18.6 Å². The van der Waals surface area contributed by atoms with Crippen molar-refractivity contribution in [2.75, 3.05) is 0 Å². The number of benzene rings is 1. The van der Waals surface area contributed by atoms with E-state index in [0.717, 1.165) is 6.07 Å². The number of halogens is 1. The van der Waals surface area contributed by atoms with Crippen LogP contribution in [-0.2, 0) is 6.42 Å². The Hall–Kier alpha value is -1.95. The van der Waals surface area contributed by atoms with E-state index in [1.165, 1.54) is 18.2 Å². The molecule has 0 radical (unpaired) electrons. The van der Waals surface area contributed by atoms with E-state index in [9.17, 15) is 9.50 Å². The molecule has 0 heterocycles. The number of aliphatic hydroxyl groups is 2. The summed E-state index contributed by atoms with van der Waals surface area (Å²) < 4.78 is 13.3. The lowest BCUT2D eigenvalue weighted by atomic mass is 10.0. The van der Waals surface area contributed by atoms with Crippen LogP contribution in [0.1, 0.15) is 17.2 Å². The van der Waals surface area contributed by atoms with E-state index in [2.05, 4.69) is 0 Å². The predicted octanol–water partition coefficient (Wildman–Crippen LogP) is 0.810. The number of aliphatic hydroxyl groups excluding tert-OH is 2. The van der Waals surface area contributed by atoms with Crippen molar-refractivity contribution in [3.63, 3.8) is 0 Å². The second-order valence-corrected chi connectivity index (χ2v) is 3.21. The molecule has 82 valence electrons. The fourth-order valence-corrected chi connectivity index (χ4v) is 1.26. The van der Waals surface area contributed by atoms with Crippen LogP contribution in [0.5, 0.6) is 0 Å². The standard InChI is InChI=1S/C11H9FN2O2/c12-9-2-1-7(3-4-13)5-8(9)11(16)10(15)6-14/h1-2,5,10-11,15-16H,3H2. The minimum Gasteiger partial charge on any atom is -0.384 e. The third-order valence-electron chi connectivity index (χ3n) is 2.09. The van der Waals surface area contributed by atoms with Crippen LogP contribution in [0.2, 0.25) is 0 Å². The van der Waals surface area contributed by atoms with Crippen LogP contribution < -0.4 is 0 Å². The van der Waals surface area contributed by atoms with Gasteiger partial charge in [-0.25, -0.2) is 4.39 Å². The molecule has 0 amide bonds. The fraction of sp³-hybridized carbons (Fsp3) is 0.273. The second-order valence-electron chi connectivity index (χ2n) is 3.21. The summed E-state index contributed by atoms with van der Waals surface area (Å²) >= 11 is 0. The highest BCUT2D eigenvalue weighted by atomic mass is 19.1. The summed E-state index contributed by atoms with van der Waals surface area (Å²) in [6.45, 7) is 0. The Labute approximate surface area is 91.8 Å². The lowest BCUT2D eigenvalue weighted by molar-refractivity contribution is 0.0503. The summed E-state index contributed by atoms with van der Waals surface area (Å²) in [4.78, 5) is 0. The average Bonchev–Trinajstić information content (AvgIpc) is 2.30. The van der Waals surface area contributed by atoms with Crippen LogP contribution in [0.25, 0.3) is 0 Å². The number of hydrogen-bond acceptors (Lipinski definition) is 4. The van der Waals surface area contributed by atoms with E-state index in [4.69, 9.17) is 15.6 Å². The molecule has 4 nitrogen and oxygen atoms in total. The van der Waals surface area contributed by atoms with Gasteiger partial charge in [-0.15, -0.1) is 0 Å². The van der Waals surface area contributed by atoms with Crippen molar-refractivity contribution in [3.05, 3.63) is 35.1 Å². The van der Waals surface area contributed by atoms with Crippen molar-refractivity contribution in [2.45, 2.75) is 18.6 Å². The van der Waals surface area contributed by atoms with Crippen LogP contribution in [-0.4, -0.2) is 16.3 Å². The van der Waals surface area contributed by atoms with Gasteiger partial charge in [0.2, 0.25) is 0 Å². The highest BCUT2D eigenvalue weighted by Gasteiger charge is 2.21.